The van der Waals surface area contributed by atoms with Crippen molar-refractivity contribution in [1.29, 1.82) is 0 Å². The van der Waals surface area contributed by atoms with Crippen LogP contribution >= 0.6 is 38.9 Å². The topological polar surface area (TPSA) is 24.9 Å². The summed E-state index contributed by atoms with van der Waals surface area (Å²) in [5.74, 6) is 0. The van der Waals surface area contributed by atoms with Crippen LogP contribution < -0.4 is 5.32 Å². The van der Waals surface area contributed by atoms with Gasteiger partial charge in [0.1, 0.15) is 0 Å². The van der Waals surface area contributed by atoms with Crippen molar-refractivity contribution in [3.63, 3.8) is 0 Å². The third kappa shape index (κ3) is 3.99. The van der Waals surface area contributed by atoms with Gasteiger partial charge in [0, 0.05) is 14.8 Å². The molecule has 1 aromatic carbocycles. The van der Waals surface area contributed by atoms with E-state index >= 15 is 0 Å². The first kappa shape index (κ1) is 16.8. The van der Waals surface area contributed by atoms with Crippen LogP contribution in [-0.2, 0) is 5.41 Å². The van der Waals surface area contributed by atoms with Crippen LogP contribution in [0.2, 0.25) is 5.02 Å². The van der Waals surface area contributed by atoms with E-state index in [9.17, 15) is 0 Å². The highest BCUT2D eigenvalue weighted by Gasteiger charge is 2.22. The minimum atomic E-state index is 0.0860. The summed E-state index contributed by atoms with van der Waals surface area (Å²) in [6, 6.07) is 6.05. The Morgan fingerprint density at radius 1 is 1.33 bits per heavy atom. The smallest absolute Gasteiger partial charge is 0.0985 e. The monoisotopic (exact) mass is 386 g/mol. The molecule has 2 aromatic rings. The van der Waals surface area contributed by atoms with Gasteiger partial charge in [0.15, 0.2) is 0 Å². The molecule has 1 N–H and O–H groups in total. The number of hydrogen-bond donors (Lipinski definition) is 1. The van der Waals surface area contributed by atoms with E-state index in [1.807, 2.05) is 18.2 Å². The summed E-state index contributed by atoms with van der Waals surface area (Å²) in [5.41, 5.74) is 2.12. The Kier molecular flexibility index (Phi) is 5.01. The molecular formula is C16H20BrClN2S. The summed E-state index contributed by atoms with van der Waals surface area (Å²) in [5, 5.41) is 5.37. The number of anilines is 1. The molecule has 0 aliphatic carbocycles. The maximum Gasteiger partial charge on any atom is 0.0985 e. The van der Waals surface area contributed by atoms with Crippen LogP contribution in [0, 0.1) is 6.92 Å². The standard InChI is InChI=1S/C16H20BrClN2S/c1-9(19-13-7-6-11(17)8-12(13)18)14-10(2)20-15(21-14)16(3,4)5/h6-9,19H,1-5H3. The Labute approximate surface area is 144 Å². The molecular weight excluding hydrogens is 368 g/mol. The summed E-state index contributed by atoms with van der Waals surface area (Å²) >= 11 is 11.5. The fourth-order valence-electron chi connectivity index (χ4n) is 2.04. The van der Waals surface area contributed by atoms with Gasteiger partial charge in [0.05, 0.1) is 27.5 Å². The van der Waals surface area contributed by atoms with E-state index in [4.69, 9.17) is 16.6 Å². The number of nitrogens with one attached hydrogen (secondary N) is 1. The normalized spacial score (nSPS) is 13.3. The van der Waals surface area contributed by atoms with Crippen LogP contribution in [0.4, 0.5) is 5.69 Å². The molecule has 1 unspecified atom stereocenters. The van der Waals surface area contributed by atoms with E-state index < -0.39 is 0 Å². The fraction of sp³-hybridized carbons (Fsp3) is 0.438. The molecule has 21 heavy (non-hydrogen) atoms. The Hall–Kier alpha value is -0.580. The lowest BCUT2D eigenvalue weighted by Gasteiger charge is -2.16. The van der Waals surface area contributed by atoms with Gasteiger partial charge >= 0.3 is 0 Å². The third-order valence-electron chi connectivity index (χ3n) is 3.17. The van der Waals surface area contributed by atoms with Gasteiger partial charge in [-0.3, -0.25) is 0 Å². The minimum Gasteiger partial charge on any atom is -0.376 e. The van der Waals surface area contributed by atoms with Crippen LogP contribution in [0.3, 0.4) is 0 Å². The molecule has 2 nitrogen and oxygen atoms in total. The molecule has 0 aliphatic heterocycles. The highest BCUT2D eigenvalue weighted by atomic mass is 79.9. The number of aromatic nitrogens is 1. The molecule has 0 saturated carbocycles. The van der Waals surface area contributed by atoms with E-state index in [1.54, 1.807) is 11.3 Å². The minimum absolute atomic E-state index is 0.0860. The Morgan fingerprint density at radius 2 is 2.00 bits per heavy atom. The number of benzene rings is 1. The second-order valence-corrected chi connectivity index (χ2v) is 8.56. The zero-order valence-corrected chi connectivity index (χ0v) is 16.1. The molecule has 1 heterocycles. The lowest BCUT2D eigenvalue weighted by molar-refractivity contribution is 0.584. The molecule has 1 aromatic heterocycles. The Morgan fingerprint density at radius 3 is 2.52 bits per heavy atom. The highest BCUT2D eigenvalue weighted by Crippen LogP contribution is 2.35. The van der Waals surface area contributed by atoms with Gasteiger partial charge in [-0.15, -0.1) is 11.3 Å². The van der Waals surface area contributed by atoms with E-state index in [0.29, 0.717) is 0 Å². The SMILES string of the molecule is Cc1nc(C(C)(C)C)sc1C(C)Nc1ccc(Br)cc1Cl. The van der Waals surface area contributed by atoms with E-state index in [2.05, 4.69) is 55.9 Å². The first-order chi connectivity index (χ1) is 9.68. The van der Waals surface area contributed by atoms with Crippen molar-refractivity contribution in [1.82, 2.24) is 4.98 Å². The predicted octanol–water partition coefficient (Wildman–Crippen LogP) is 6.34. The zero-order valence-electron chi connectivity index (χ0n) is 12.9. The second-order valence-electron chi connectivity index (χ2n) is 6.21. The molecule has 0 spiro atoms. The summed E-state index contributed by atoms with van der Waals surface area (Å²) in [6.45, 7) is 10.8. The Bertz CT molecular complexity index is 646. The summed E-state index contributed by atoms with van der Waals surface area (Å²) in [7, 11) is 0. The van der Waals surface area contributed by atoms with E-state index in [-0.39, 0.29) is 11.5 Å². The molecule has 0 bridgehead atoms. The molecule has 0 fully saturated rings. The molecule has 0 amide bonds. The summed E-state index contributed by atoms with van der Waals surface area (Å²) in [6.07, 6.45) is 0. The third-order valence-corrected chi connectivity index (χ3v) is 5.74. The maximum absolute atomic E-state index is 6.27. The lowest BCUT2D eigenvalue weighted by atomic mass is 9.98. The number of halogens is 2. The van der Waals surface area contributed by atoms with E-state index in [0.717, 1.165) is 20.9 Å². The van der Waals surface area contributed by atoms with Gasteiger partial charge in [0.25, 0.3) is 0 Å². The first-order valence-corrected chi connectivity index (χ1v) is 8.86. The van der Waals surface area contributed by atoms with Crippen molar-refractivity contribution in [2.75, 3.05) is 5.32 Å². The number of thiazole rings is 1. The van der Waals surface area contributed by atoms with Gasteiger partial charge in [-0.25, -0.2) is 4.98 Å². The predicted molar refractivity (Wildman–Crippen MR) is 96.7 cm³/mol. The maximum atomic E-state index is 6.27. The number of hydrogen-bond acceptors (Lipinski definition) is 3. The number of nitrogens with zero attached hydrogens (tertiary/aromatic N) is 1. The van der Waals surface area contributed by atoms with Crippen LogP contribution in [0.15, 0.2) is 22.7 Å². The molecule has 0 aliphatic rings. The fourth-order valence-corrected chi connectivity index (χ4v) is 3.89. The lowest BCUT2D eigenvalue weighted by Crippen LogP contribution is -2.10. The van der Waals surface area contributed by atoms with Gasteiger partial charge in [-0.2, -0.15) is 0 Å². The van der Waals surface area contributed by atoms with Crippen molar-refractivity contribution in [2.45, 2.75) is 46.1 Å². The highest BCUT2D eigenvalue weighted by molar-refractivity contribution is 9.10. The zero-order chi connectivity index (χ0) is 15.8. The van der Waals surface area contributed by atoms with Crippen molar-refractivity contribution in [3.05, 3.63) is 43.3 Å². The first-order valence-electron chi connectivity index (χ1n) is 6.88. The molecule has 1 atom stereocenters. The molecule has 0 saturated heterocycles. The van der Waals surface area contributed by atoms with Crippen molar-refractivity contribution in [2.24, 2.45) is 0 Å². The van der Waals surface area contributed by atoms with Crippen molar-refractivity contribution < 1.29 is 0 Å². The van der Waals surface area contributed by atoms with Crippen LogP contribution in [0.5, 0.6) is 0 Å². The van der Waals surface area contributed by atoms with Crippen molar-refractivity contribution >= 4 is 44.6 Å². The number of rotatable bonds is 3. The quantitative estimate of drug-likeness (QED) is 0.664. The summed E-state index contributed by atoms with van der Waals surface area (Å²) in [4.78, 5) is 5.98. The molecule has 2 rings (SSSR count). The second kappa shape index (κ2) is 6.27. The average molecular weight is 388 g/mol. The molecule has 114 valence electrons. The van der Waals surface area contributed by atoms with Gasteiger partial charge in [-0.05, 0) is 32.0 Å². The van der Waals surface area contributed by atoms with Crippen LogP contribution in [0.25, 0.3) is 0 Å². The van der Waals surface area contributed by atoms with Crippen LogP contribution in [-0.4, -0.2) is 4.98 Å². The molecule has 5 heteroatoms. The van der Waals surface area contributed by atoms with Crippen molar-refractivity contribution in [3.8, 4) is 0 Å². The summed E-state index contributed by atoms with van der Waals surface area (Å²) < 4.78 is 0.981. The largest absolute Gasteiger partial charge is 0.376 e. The van der Waals surface area contributed by atoms with Crippen LogP contribution in [0.1, 0.15) is 49.3 Å². The van der Waals surface area contributed by atoms with Gasteiger partial charge < -0.3 is 5.32 Å². The van der Waals surface area contributed by atoms with Gasteiger partial charge in [0.2, 0.25) is 0 Å². The van der Waals surface area contributed by atoms with Gasteiger partial charge in [-0.1, -0.05) is 48.3 Å². The average Bonchev–Trinajstić information content (AvgIpc) is 2.75. The molecule has 0 radical (unpaired) electrons. The number of aryl methyl sites for hydroxylation is 1. The van der Waals surface area contributed by atoms with E-state index in [1.165, 1.54) is 9.88 Å². The Balaban J connectivity index is 2.24.